The summed E-state index contributed by atoms with van der Waals surface area (Å²) in [7, 11) is 0. The molecule has 0 saturated heterocycles. The molecular weight excluding hydrogens is 601 g/mol. The van der Waals surface area contributed by atoms with Crippen molar-refractivity contribution in [3.63, 3.8) is 0 Å². The number of aryl methyl sites for hydroxylation is 1. The molecule has 0 aliphatic carbocycles. The van der Waals surface area contributed by atoms with Gasteiger partial charge in [0.15, 0.2) is 0 Å². The smallest absolute Gasteiger partial charge is 0.0349 e. The number of hydrogen-bond acceptors (Lipinski definition) is 3. The maximum atomic E-state index is 2.31. The molecule has 222 valence electrons. The number of unbranched alkanes of at least 4 members (excludes halogenated alkanes) is 3. The Morgan fingerprint density at radius 1 is 0.333 bits per heavy atom. The molecule has 45 heavy (non-hydrogen) atoms. The average molecular weight is 637 g/mol. The Bertz CT molecular complexity index is 1950. The summed E-state index contributed by atoms with van der Waals surface area (Å²) in [6.45, 7) is 2.27. The van der Waals surface area contributed by atoms with Crippen LogP contribution in [0.15, 0.2) is 140 Å². The second kappa shape index (κ2) is 14.0. The van der Waals surface area contributed by atoms with E-state index in [4.69, 9.17) is 0 Å². The van der Waals surface area contributed by atoms with Gasteiger partial charge in [-0.05, 0) is 88.2 Å². The quantitative estimate of drug-likeness (QED) is 0.124. The first-order valence-electron chi connectivity index (χ1n) is 15.9. The fourth-order valence-corrected chi connectivity index (χ4v) is 8.79. The lowest BCUT2D eigenvalue weighted by atomic mass is 10.0. The van der Waals surface area contributed by atoms with E-state index < -0.39 is 0 Å². The van der Waals surface area contributed by atoms with E-state index in [1.165, 1.54) is 100 Å². The largest absolute Gasteiger partial charge is 0.135 e. The highest BCUT2D eigenvalue weighted by Gasteiger charge is 2.10. The molecule has 0 unspecified atom stereocenters. The van der Waals surface area contributed by atoms with E-state index in [0.717, 1.165) is 0 Å². The van der Waals surface area contributed by atoms with Crippen molar-refractivity contribution in [2.24, 2.45) is 0 Å². The predicted molar refractivity (Wildman–Crippen MR) is 201 cm³/mol. The van der Waals surface area contributed by atoms with Crippen molar-refractivity contribution < 1.29 is 0 Å². The number of benzene rings is 4. The minimum Gasteiger partial charge on any atom is -0.135 e. The minimum atomic E-state index is 1.19. The summed E-state index contributed by atoms with van der Waals surface area (Å²) >= 11 is 5.58. The molecule has 0 bridgehead atoms. The number of thiophene rings is 3. The van der Waals surface area contributed by atoms with Crippen LogP contribution < -0.4 is 0 Å². The lowest BCUT2D eigenvalue weighted by Crippen LogP contribution is -1.85. The van der Waals surface area contributed by atoms with Gasteiger partial charge in [-0.3, -0.25) is 0 Å². The molecule has 0 N–H and O–H groups in total. The van der Waals surface area contributed by atoms with Gasteiger partial charge < -0.3 is 0 Å². The molecule has 3 aromatic heterocycles. The van der Waals surface area contributed by atoms with Gasteiger partial charge >= 0.3 is 0 Å². The van der Waals surface area contributed by atoms with Gasteiger partial charge in [-0.25, -0.2) is 0 Å². The molecule has 3 heteroatoms. The van der Waals surface area contributed by atoms with Crippen LogP contribution in [0.4, 0.5) is 0 Å². The summed E-state index contributed by atoms with van der Waals surface area (Å²) < 4.78 is 0. The normalized spacial score (nSPS) is 11.2. The van der Waals surface area contributed by atoms with Crippen molar-refractivity contribution in [2.75, 3.05) is 0 Å². The number of rotatable bonds is 11. The maximum Gasteiger partial charge on any atom is 0.0349 e. The zero-order valence-electron chi connectivity index (χ0n) is 25.5. The molecule has 7 rings (SSSR count). The van der Waals surface area contributed by atoms with Crippen LogP contribution in [0.1, 0.15) is 38.2 Å². The first-order chi connectivity index (χ1) is 22.2. The highest BCUT2D eigenvalue weighted by atomic mass is 32.1. The van der Waals surface area contributed by atoms with E-state index in [1.54, 1.807) is 0 Å². The van der Waals surface area contributed by atoms with Crippen LogP contribution in [-0.4, -0.2) is 0 Å². The zero-order chi connectivity index (χ0) is 30.4. The predicted octanol–water partition coefficient (Wildman–Crippen LogP) is 14.0. The molecule has 0 amide bonds. The fraction of sp³-hybridized carbons (Fsp3) is 0.143. The van der Waals surface area contributed by atoms with Crippen LogP contribution in [0.5, 0.6) is 0 Å². The van der Waals surface area contributed by atoms with E-state index in [-0.39, 0.29) is 0 Å². The topological polar surface area (TPSA) is 0 Å². The Labute approximate surface area is 279 Å². The van der Waals surface area contributed by atoms with E-state index in [2.05, 4.69) is 146 Å². The summed E-state index contributed by atoms with van der Waals surface area (Å²) in [6, 6.07) is 51.4. The minimum absolute atomic E-state index is 1.19. The molecular formula is C42H36S3. The van der Waals surface area contributed by atoms with Crippen LogP contribution in [-0.2, 0) is 6.42 Å². The van der Waals surface area contributed by atoms with E-state index in [9.17, 15) is 0 Å². The lowest BCUT2D eigenvalue weighted by Gasteiger charge is -2.04. The molecule has 0 atom stereocenters. The molecule has 0 saturated carbocycles. The van der Waals surface area contributed by atoms with E-state index in [1.807, 2.05) is 34.0 Å². The Morgan fingerprint density at radius 2 is 0.667 bits per heavy atom. The maximum absolute atomic E-state index is 2.31. The van der Waals surface area contributed by atoms with Gasteiger partial charge in [0.2, 0.25) is 0 Å². The Morgan fingerprint density at radius 3 is 1.02 bits per heavy atom. The van der Waals surface area contributed by atoms with Crippen molar-refractivity contribution in [2.45, 2.75) is 39.0 Å². The molecule has 0 nitrogen and oxygen atoms in total. The van der Waals surface area contributed by atoms with Crippen molar-refractivity contribution in [3.8, 4) is 62.6 Å². The molecule has 0 fully saturated rings. The summed E-state index contributed by atoms with van der Waals surface area (Å²) in [5.41, 5.74) is 9.12. The third-order valence-corrected chi connectivity index (χ3v) is 11.9. The Balaban J connectivity index is 1.00. The third kappa shape index (κ3) is 6.97. The highest BCUT2D eigenvalue weighted by molar-refractivity contribution is 7.19. The van der Waals surface area contributed by atoms with Crippen LogP contribution in [0.3, 0.4) is 0 Å². The van der Waals surface area contributed by atoms with Gasteiger partial charge in [0.05, 0.1) is 0 Å². The second-order valence-electron chi connectivity index (χ2n) is 11.5. The molecule has 0 radical (unpaired) electrons. The molecule has 0 spiro atoms. The van der Waals surface area contributed by atoms with Gasteiger partial charge in [0.1, 0.15) is 0 Å². The van der Waals surface area contributed by atoms with Crippen LogP contribution in [0.25, 0.3) is 62.6 Å². The van der Waals surface area contributed by atoms with Crippen molar-refractivity contribution in [1.29, 1.82) is 0 Å². The van der Waals surface area contributed by atoms with Crippen LogP contribution in [0.2, 0.25) is 0 Å². The summed E-state index contributed by atoms with van der Waals surface area (Å²) in [5.74, 6) is 0. The lowest BCUT2D eigenvalue weighted by molar-refractivity contribution is 0.667. The molecule has 7 aromatic rings. The van der Waals surface area contributed by atoms with Gasteiger partial charge in [-0.15, -0.1) is 34.0 Å². The van der Waals surface area contributed by atoms with Gasteiger partial charge in [-0.1, -0.05) is 129 Å². The van der Waals surface area contributed by atoms with Gasteiger partial charge in [0.25, 0.3) is 0 Å². The first-order valence-corrected chi connectivity index (χ1v) is 18.3. The van der Waals surface area contributed by atoms with Crippen molar-refractivity contribution in [1.82, 2.24) is 0 Å². The van der Waals surface area contributed by atoms with Gasteiger partial charge in [-0.2, -0.15) is 0 Å². The monoisotopic (exact) mass is 636 g/mol. The fourth-order valence-electron chi connectivity index (χ4n) is 5.74. The van der Waals surface area contributed by atoms with E-state index in [0.29, 0.717) is 0 Å². The second-order valence-corrected chi connectivity index (χ2v) is 14.8. The van der Waals surface area contributed by atoms with Crippen molar-refractivity contribution in [3.05, 3.63) is 145 Å². The van der Waals surface area contributed by atoms with Crippen LogP contribution >= 0.6 is 34.0 Å². The Hall–Kier alpha value is -4.02. The number of hydrogen-bond donors (Lipinski definition) is 0. The zero-order valence-corrected chi connectivity index (χ0v) is 28.0. The highest BCUT2D eigenvalue weighted by Crippen LogP contribution is 2.39. The van der Waals surface area contributed by atoms with Crippen molar-refractivity contribution >= 4 is 34.0 Å². The van der Waals surface area contributed by atoms with Crippen LogP contribution in [0, 0.1) is 0 Å². The third-order valence-electron chi connectivity index (χ3n) is 8.34. The first kappa shape index (κ1) is 29.7. The average Bonchev–Trinajstić information content (AvgIpc) is 3.90. The summed E-state index contributed by atoms with van der Waals surface area (Å²) in [4.78, 5) is 7.85. The molecule has 4 aromatic carbocycles. The molecule has 3 heterocycles. The summed E-state index contributed by atoms with van der Waals surface area (Å²) in [6.07, 6.45) is 6.44. The molecule has 0 aliphatic rings. The van der Waals surface area contributed by atoms with Gasteiger partial charge in [0, 0.05) is 29.3 Å². The van der Waals surface area contributed by atoms with E-state index >= 15 is 0 Å². The molecule has 0 aliphatic heterocycles. The standard InChI is InChI=1S/C42H36S3/c1-2-3-4-6-9-30-12-14-32(15-13-30)38-26-27-40(44-38)34-20-22-36(23-21-34)42-29-28-41(45-42)35-18-16-33(17-19-35)39-25-24-37(43-39)31-10-7-5-8-11-31/h5,7-8,10-29H,2-4,6,9H2,1H3. The Kier molecular flexibility index (Phi) is 9.20. The summed E-state index contributed by atoms with van der Waals surface area (Å²) in [5, 5.41) is 0. The SMILES string of the molecule is CCCCCCc1ccc(-c2ccc(-c3ccc(-c4ccc(-c5ccc(-c6ccc(-c7ccccc7)s6)cc5)s4)cc3)s2)cc1.